The fourth-order valence-electron chi connectivity index (χ4n) is 0.680. The molecule has 1 aromatic rings. The van der Waals surface area contributed by atoms with Crippen molar-refractivity contribution in [3.63, 3.8) is 0 Å². The minimum Gasteiger partial charge on any atom is -0.320 e. The number of halogens is 3. The summed E-state index contributed by atoms with van der Waals surface area (Å²) in [5, 5.41) is -0.0787. The maximum absolute atomic E-state index is 12.6. The summed E-state index contributed by atoms with van der Waals surface area (Å²) in [4.78, 5) is 0. The number of nitrogen functional groups attached to an aromatic ring is 1. The molecule has 60 valence electrons. The molecule has 0 aliphatic heterocycles. The summed E-state index contributed by atoms with van der Waals surface area (Å²) in [6.07, 6.45) is 0. The first-order valence-electron chi connectivity index (χ1n) is 2.76. The second-order valence-corrected chi connectivity index (χ2v) is 2.30. The van der Waals surface area contributed by atoms with Crippen LogP contribution in [0.15, 0.2) is 12.1 Å². The largest absolute Gasteiger partial charge is 0.320 e. The molecule has 0 saturated carbocycles. The zero-order chi connectivity index (χ0) is 8.43. The summed E-state index contributed by atoms with van der Waals surface area (Å²) in [6, 6.07) is 1.67. The van der Waals surface area contributed by atoms with Crippen LogP contribution in [-0.4, -0.2) is 0 Å². The Kier molecular flexibility index (Phi) is 2.26. The van der Waals surface area contributed by atoms with Gasteiger partial charge < -0.3 is 5.43 Å². The van der Waals surface area contributed by atoms with E-state index in [2.05, 4.69) is 0 Å². The Balaban J connectivity index is 3.25. The van der Waals surface area contributed by atoms with Crippen molar-refractivity contribution in [2.45, 2.75) is 0 Å². The Morgan fingerprint density at radius 3 is 2.45 bits per heavy atom. The van der Waals surface area contributed by atoms with Crippen molar-refractivity contribution in [2.75, 3.05) is 5.43 Å². The van der Waals surface area contributed by atoms with Gasteiger partial charge >= 0.3 is 0 Å². The van der Waals surface area contributed by atoms with Crippen LogP contribution in [0.4, 0.5) is 14.5 Å². The van der Waals surface area contributed by atoms with Gasteiger partial charge in [0.2, 0.25) is 0 Å². The lowest BCUT2D eigenvalue weighted by Crippen LogP contribution is -2.09. The molecule has 0 aliphatic rings. The van der Waals surface area contributed by atoms with Crippen molar-refractivity contribution in [1.29, 1.82) is 0 Å². The van der Waals surface area contributed by atoms with Crippen LogP contribution in [0, 0.1) is 11.6 Å². The van der Waals surface area contributed by atoms with Crippen LogP contribution in [0.3, 0.4) is 0 Å². The molecule has 0 bridgehead atoms. The van der Waals surface area contributed by atoms with Crippen LogP contribution in [0.25, 0.3) is 0 Å². The molecule has 2 nitrogen and oxygen atoms in total. The van der Waals surface area contributed by atoms with Gasteiger partial charge in [-0.1, -0.05) is 11.6 Å². The molecule has 0 atom stereocenters. The monoisotopic (exact) mass is 178 g/mol. The van der Waals surface area contributed by atoms with Crippen molar-refractivity contribution in [3.8, 4) is 0 Å². The molecule has 0 saturated heterocycles. The van der Waals surface area contributed by atoms with Crippen LogP contribution in [0.2, 0.25) is 5.02 Å². The SMILES string of the molecule is NNc1c(F)cc(F)cc1Cl. The maximum Gasteiger partial charge on any atom is 0.152 e. The minimum atomic E-state index is -0.808. The summed E-state index contributed by atoms with van der Waals surface area (Å²) in [6.45, 7) is 0. The molecule has 0 amide bonds. The highest BCUT2D eigenvalue weighted by Crippen LogP contribution is 2.24. The van der Waals surface area contributed by atoms with Gasteiger partial charge in [0.25, 0.3) is 0 Å². The van der Waals surface area contributed by atoms with Gasteiger partial charge in [-0.05, 0) is 6.07 Å². The van der Waals surface area contributed by atoms with Gasteiger partial charge in [-0.25, -0.2) is 8.78 Å². The lowest BCUT2D eigenvalue weighted by atomic mass is 10.3. The van der Waals surface area contributed by atoms with E-state index in [-0.39, 0.29) is 10.7 Å². The zero-order valence-electron chi connectivity index (χ0n) is 5.37. The molecule has 5 heteroatoms. The van der Waals surface area contributed by atoms with Crippen molar-refractivity contribution in [3.05, 3.63) is 28.8 Å². The summed E-state index contributed by atoms with van der Waals surface area (Å²) in [5.41, 5.74) is 1.91. The highest BCUT2D eigenvalue weighted by Gasteiger charge is 2.07. The maximum atomic E-state index is 12.6. The van der Waals surface area contributed by atoms with E-state index in [1.54, 1.807) is 0 Å². The first-order valence-corrected chi connectivity index (χ1v) is 3.14. The van der Waals surface area contributed by atoms with Crippen LogP contribution in [0.5, 0.6) is 0 Å². The van der Waals surface area contributed by atoms with Gasteiger partial charge in [0.15, 0.2) is 5.82 Å². The third kappa shape index (κ3) is 1.58. The van der Waals surface area contributed by atoms with Crippen LogP contribution >= 0.6 is 11.6 Å². The van der Waals surface area contributed by atoms with Crippen LogP contribution in [0.1, 0.15) is 0 Å². The summed E-state index contributed by atoms with van der Waals surface area (Å²) in [7, 11) is 0. The fraction of sp³-hybridized carbons (Fsp3) is 0. The third-order valence-corrected chi connectivity index (χ3v) is 1.45. The highest BCUT2D eigenvalue weighted by atomic mass is 35.5. The summed E-state index contributed by atoms with van der Waals surface area (Å²) in [5.74, 6) is 3.37. The molecule has 0 spiro atoms. The first-order chi connectivity index (χ1) is 5.15. The molecule has 0 fully saturated rings. The standard InChI is InChI=1S/C6H5ClF2N2/c7-4-1-3(8)2-5(9)6(4)11-10/h1-2,11H,10H2. The fourth-order valence-corrected chi connectivity index (χ4v) is 0.929. The number of nitrogens with one attached hydrogen (secondary N) is 1. The Labute approximate surface area is 66.9 Å². The molecule has 0 heterocycles. The van der Waals surface area contributed by atoms with Gasteiger partial charge in [0.1, 0.15) is 11.5 Å². The van der Waals surface area contributed by atoms with Crippen molar-refractivity contribution >= 4 is 17.3 Å². The van der Waals surface area contributed by atoms with E-state index in [0.717, 1.165) is 6.07 Å². The molecule has 0 unspecified atom stereocenters. The van der Waals surface area contributed by atoms with Crippen LogP contribution < -0.4 is 11.3 Å². The van der Waals surface area contributed by atoms with E-state index in [0.29, 0.717) is 6.07 Å². The Hall–Kier alpha value is -0.870. The van der Waals surface area contributed by atoms with Crippen LogP contribution in [-0.2, 0) is 0 Å². The molecule has 0 radical (unpaired) electrons. The number of hydrogen-bond donors (Lipinski definition) is 2. The van der Waals surface area contributed by atoms with Gasteiger partial charge in [0.05, 0.1) is 5.02 Å². The normalized spacial score (nSPS) is 9.82. The lowest BCUT2D eigenvalue weighted by molar-refractivity contribution is 0.585. The summed E-state index contributed by atoms with van der Waals surface area (Å²) >= 11 is 5.41. The van der Waals surface area contributed by atoms with E-state index in [4.69, 9.17) is 17.4 Å². The Morgan fingerprint density at radius 1 is 1.36 bits per heavy atom. The molecular formula is C6H5ClF2N2. The minimum absolute atomic E-state index is 0.0787. The Morgan fingerprint density at radius 2 is 2.00 bits per heavy atom. The third-order valence-electron chi connectivity index (χ3n) is 1.15. The van der Waals surface area contributed by atoms with E-state index in [1.807, 2.05) is 5.43 Å². The predicted molar refractivity (Wildman–Crippen MR) is 39.2 cm³/mol. The molecule has 11 heavy (non-hydrogen) atoms. The van der Waals surface area contributed by atoms with E-state index in [9.17, 15) is 8.78 Å². The lowest BCUT2D eigenvalue weighted by Gasteiger charge is -2.03. The number of hydrazine groups is 1. The average molecular weight is 179 g/mol. The number of rotatable bonds is 1. The second-order valence-electron chi connectivity index (χ2n) is 1.89. The molecule has 1 rings (SSSR count). The van der Waals surface area contributed by atoms with Crippen molar-refractivity contribution in [2.24, 2.45) is 5.84 Å². The first kappa shape index (κ1) is 8.23. The second kappa shape index (κ2) is 3.02. The number of hydrogen-bond acceptors (Lipinski definition) is 2. The topological polar surface area (TPSA) is 38.0 Å². The van der Waals surface area contributed by atoms with Gasteiger partial charge in [-0.2, -0.15) is 0 Å². The van der Waals surface area contributed by atoms with E-state index < -0.39 is 11.6 Å². The molecule has 1 aromatic carbocycles. The molecule has 0 aliphatic carbocycles. The number of anilines is 1. The smallest absolute Gasteiger partial charge is 0.152 e. The number of nitrogens with two attached hydrogens (primary N) is 1. The summed E-state index contributed by atoms with van der Waals surface area (Å²) < 4.78 is 25.0. The molecule has 0 aromatic heterocycles. The average Bonchev–Trinajstić information content (AvgIpc) is 1.85. The predicted octanol–water partition coefficient (Wildman–Crippen LogP) is 1.90. The van der Waals surface area contributed by atoms with Crippen molar-refractivity contribution in [1.82, 2.24) is 0 Å². The molecule has 3 N–H and O–H groups in total. The quantitative estimate of drug-likeness (QED) is 0.509. The molecular weight excluding hydrogens is 174 g/mol. The van der Waals surface area contributed by atoms with Crippen molar-refractivity contribution < 1.29 is 8.78 Å². The van der Waals surface area contributed by atoms with E-state index in [1.165, 1.54) is 0 Å². The van der Waals surface area contributed by atoms with Gasteiger partial charge in [0, 0.05) is 6.07 Å². The highest BCUT2D eigenvalue weighted by molar-refractivity contribution is 6.33. The Bertz CT molecular complexity index is 254. The van der Waals surface area contributed by atoms with Gasteiger partial charge in [-0.3, -0.25) is 5.84 Å². The zero-order valence-corrected chi connectivity index (χ0v) is 6.12. The number of benzene rings is 1. The van der Waals surface area contributed by atoms with E-state index >= 15 is 0 Å². The van der Waals surface area contributed by atoms with Gasteiger partial charge in [-0.15, -0.1) is 0 Å².